The molecule has 0 amide bonds. The van der Waals surface area contributed by atoms with E-state index >= 15 is 0 Å². The van der Waals surface area contributed by atoms with Crippen LogP contribution in [0.15, 0.2) is 67.0 Å². The first-order chi connectivity index (χ1) is 13.1. The Morgan fingerprint density at radius 1 is 1.04 bits per heavy atom. The summed E-state index contributed by atoms with van der Waals surface area (Å²) in [7, 11) is 0. The van der Waals surface area contributed by atoms with Crippen molar-refractivity contribution in [2.75, 3.05) is 4.90 Å². The van der Waals surface area contributed by atoms with E-state index in [9.17, 15) is 0 Å². The van der Waals surface area contributed by atoms with Crippen molar-refractivity contribution in [3.05, 3.63) is 83.9 Å². The fourth-order valence-electron chi connectivity index (χ4n) is 3.77. The van der Waals surface area contributed by atoms with Crippen LogP contribution in [0.2, 0.25) is 0 Å². The Morgan fingerprint density at radius 2 is 1.81 bits per heavy atom. The summed E-state index contributed by atoms with van der Waals surface area (Å²) in [6.45, 7) is 6.51. The second-order valence-corrected chi connectivity index (χ2v) is 7.65. The van der Waals surface area contributed by atoms with E-state index in [1.165, 1.54) is 11.3 Å². The molecule has 2 aromatic heterocycles. The molecule has 1 saturated heterocycles. The van der Waals surface area contributed by atoms with Crippen LogP contribution in [-0.4, -0.2) is 14.7 Å². The number of aryl methyl sites for hydroxylation is 1. The maximum Gasteiger partial charge on any atom is 0.174 e. The largest absolute Gasteiger partial charge is 0.351 e. The molecule has 0 aliphatic carbocycles. The molecule has 1 aromatic carbocycles. The van der Waals surface area contributed by atoms with Gasteiger partial charge in [-0.25, -0.2) is 0 Å². The van der Waals surface area contributed by atoms with Crippen LogP contribution in [0.4, 0.5) is 5.69 Å². The van der Waals surface area contributed by atoms with Crippen LogP contribution in [0.3, 0.4) is 0 Å². The zero-order valence-electron chi connectivity index (χ0n) is 15.8. The molecule has 1 aliphatic rings. The molecule has 0 spiro atoms. The van der Waals surface area contributed by atoms with Gasteiger partial charge in [0, 0.05) is 29.8 Å². The molecule has 0 bridgehead atoms. The summed E-state index contributed by atoms with van der Waals surface area (Å²) in [4.78, 5) is 6.84. The highest BCUT2D eigenvalue weighted by atomic mass is 32.1. The van der Waals surface area contributed by atoms with E-state index in [0.717, 1.165) is 16.5 Å². The monoisotopic (exact) mass is 376 g/mol. The van der Waals surface area contributed by atoms with Gasteiger partial charge >= 0.3 is 0 Å². The number of benzene rings is 1. The number of aromatic nitrogens is 2. The molecular formula is C22H24N4S. The summed E-state index contributed by atoms with van der Waals surface area (Å²) in [6, 6.07) is 19.3. The van der Waals surface area contributed by atoms with Gasteiger partial charge in [-0.3, -0.25) is 4.98 Å². The predicted octanol–water partition coefficient (Wildman–Crippen LogP) is 4.95. The van der Waals surface area contributed by atoms with Crippen LogP contribution in [0.1, 0.15) is 48.9 Å². The third-order valence-corrected chi connectivity index (χ3v) is 5.40. The van der Waals surface area contributed by atoms with E-state index in [1.807, 2.05) is 18.3 Å². The minimum atomic E-state index is -0.00703. The van der Waals surface area contributed by atoms with Gasteiger partial charge in [0.05, 0.1) is 11.7 Å². The molecule has 2 atom stereocenters. The average molecular weight is 377 g/mol. The van der Waals surface area contributed by atoms with Gasteiger partial charge in [-0.2, -0.15) is 0 Å². The molecule has 0 radical (unpaired) electrons. The number of thiocarbonyl (C=S) groups is 1. The van der Waals surface area contributed by atoms with Crippen molar-refractivity contribution in [2.45, 2.75) is 38.9 Å². The van der Waals surface area contributed by atoms with Gasteiger partial charge in [-0.15, -0.1) is 0 Å². The van der Waals surface area contributed by atoms with Gasteiger partial charge in [0.2, 0.25) is 0 Å². The molecule has 1 N–H and O–H groups in total. The van der Waals surface area contributed by atoms with Gasteiger partial charge in [0.1, 0.15) is 6.04 Å². The van der Waals surface area contributed by atoms with E-state index in [4.69, 9.17) is 12.2 Å². The van der Waals surface area contributed by atoms with Crippen LogP contribution in [0, 0.1) is 6.92 Å². The maximum atomic E-state index is 5.77. The van der Waals surface area contributed by atoms with Crippen molar-refractivity contribution in [1.82, 2.24) is 14.9 Å². The van der Waals surface area contributed by atoms with E-state index < -0.39 is 0 Å². The number of hydrogen-bond acceptors (Lipinski definition) is 2. The molecule has 0 saturated carbocycles. The normalized spacial score (nSPS) is 19.6. The van der Waals surface area contributed by atoms with E-state index in [0.29, 0.717) is 6.04 Å². The van der Waals surface area contributed by atoms with Crippen LogP contribution in [0.25, 0.3) is 0 Å². The minimum absolute atomic E-state index is 0.00703. The van der Waals surface area contributed by atoms with Crippen molar-refractivity contribution in [2.24, 2.45) is 0 Å². The average Bonchev–Trinajstić information content (AvgIpc) is 3.27. The molecule has 5 heteroatoms. The lowest BCUT2D eigenvalue weighted by Gasteiger charge is -2.30. The van der Waals surface area contributed by atoms with Crippen molar-refractivity contribution in [1.29, 1.82) is 0 Å². The Kier molecular flexibility index (Phi) is 4.70. The number of pyridine rings is 1. The Labute approximate surface area is 165 Å². The number of anilines is 1. The number of nitrogens with zero attached hydrogens (tertiary/aromatic N) is 3. The predicted molar refractivity (Wildman–Crippen MR) is 114 cm³/mol. The fourth-order valence-corrected chi connectivity index (χ4v) is 4.11. The lowest BCUT2D eigenvalue weighted by Crippen LogP contribution is -2.30. The molecule has 27 heavy (non-hydrogen) atoms. The molecule has 1 fully saturated rings. The van der Waals surface area contributed by atoms with E-state index in [1.54, 1.807) is 0 Å². The lowest BCUT2D eigenvalue weighted by molar-refractivity contribution is 0.497. The number of nitrogens with one attached hydrogen (secondary N) is 1. The zero-order chi connectivity index (χ0) is 19.0. The van der Waals surface area contributed by atoms with Gasteiger partial charge in [0.25, 0.3) is 0 Å². The van der Waals surface area contributed by atoms with E-state index in [2.05, 4.69) is 89.2 Å². The highest BCUT2D eigenvalue weighted by Crippen LogP contribution is 2.42. The summed E-state index contributed by atoms with van der Waals surface area (Å²) in [5.74, 6) is 0. The minimum Gasteiger partial charge on any atom is -0.351 e. The first-order valence-electron chi connectivity index (χ1n) is 9.30. The topological polar surface area (TPSA) is 33.1 Å². The highest BCUT2D eigenvalue weighted by molar-refractivity contribution is 7.80. The number of rotatable bonds is 4. The summed E-state index contributed by atoms with van der Waals surface area (Å²) >= 11 is 5.77. The number of hydrogen-bond donors (Lipinski definition) is 1. The third-order valence-electron chi connectivity index (χ3n) is 5.08. The molecule has 138 valence electrons. The molecular weight excluding hydrogens is 352 g/mol. The quantitative estimate of drug-likeness (QED) is 0.653. The second kappa shape index (κ2) is 7.16. The summed E-state index contributed by atoms with van der Waals surface area (Å²) < 4.78 is 2.32. The Balaban J connectivity index is 1.85. The molecule has 4 rings (SSSR count). The Hall–Kier alpha value is -2.66. The fraction of sp³-hybridized carbons (Fsp3) is 0.273. The second-order valence-electron chi connectivity index (χ2n) is 7.27. The van der Waals surface area contributed by atoms with E-state index in [-0.39, 0.29) is 12.1 Å². The smallest absolute Gasteiger partial charge is 0.174 e. The van der Waals surface area contributed by atoms with Crippen LogP contribution < -0.4 is 10.2 Å². The SMILES string of the molecule is Cc1ccc(N2C(=S)N[C@@H](c3ccccn3)[C@@H]2c2cccn2C(C)C)cc1. The summed E-state index contributed by atoms with van der Waals surface area (Å²) in [5.41, 5.74) is 4.56. The van der Waals surface area contributed by atoms with Gasteiger partial charge < -0.3 is 14.8 Å². The molecule has 4 nitrogen and oxygen atoms in total. The Morgan fingerprint density at radius 3 is 2.48 bits per heavy atom. The van der Waals surface area contributed by atoms with Crippen molar-refractivity contribution in [3.63, 3.8) is 0 Å². The standard InChI is InChI=1S/C22H24N4S/c1-15(2)25-14-6-8-19(25)21-20(18-7-4-5-13-23-18)24-22(27)26(21)17-11-9-16(3)10-12-17/h4-15,20-21H,1-3H3,(H,24,27)/t20-,21-/m0/s1. The zero-order valence-corrected chi connectivity index (χ0v) is 16.6. The van der Waals surface area contributed by atoms with Crippen LogP contribution >= 0.6 is 12.2 Å². The van der Waals surface area contributed by atoms with Crippen molar-refractivity contribution in [3.8, 4) is 0 Å². The first kappa shape index (κ1) is 17.7. The van der Waals surface area contributed by atoms with Crippen molar-refractivity contribution >= 4 is 23.0 Å². The van der Waals surface area contributed by atoms with Gasteiger partial charge in [-0.1, -0.05) is 23.8 Å². The van der Waals surface area contributed by atoms with Crippen molar-refractivity contribution < 1.29 is 0 Å². The first-order valence-corrected chi connectivity index (χ1v) is 9.71. The van der Waals surface area contributed by atoms with Gasteiger partial charge in [0.15, 0.2) is 5.11 Å². The summed E-state index contributed by atoms with van der Waals surface area (Å²) in [6.07, 6.45) is 3.98. The molecule has 3 heterocycles. The lowest BCUT2D eigenvalue weighted by atomic mass is 10.0. The Bertz CT molecular complexity index is 930. The van der Waals surface area contributed by atoms with Gasteiger partial charge in [-0.05, 0) is 69.4 Å². The van der Waals surface area contributed by atoms with Crippen LogP contribution in [0.5, 0.6) is 0 Å². The highest BCUT2D eigenvalue weighted by Gasteiger charge is 2.42. The molecule has 3 aromatic rings. The maximum absolute atomic E-state index is 5.77. The molecule has 1 aliphatic heterocycles. The molecule has 0 unspecified atom stereocenters. The third kappa shape index (κ3) is 3.23. The summed E-state index contributed by atoms with van der Waals surface area (Å²) in [5, 5.41) is 4.25. The van der Waals surface area contributed by atoms with Crippen LogP contribution in [-0.2, 0) is 0 Å².